The van der Waals surface area contributed by atoms with Gasteiger partial charge in [0.25, 0.3) is 0 Å². The Hall–Kier alpha value is -2.21. The maximum absolute atomic E-state index is 11.5. The van der Waals surface area contributed by atoms with Gasteiger partial charge in [0.1, 0.15) is 12.2 Å². The predicted octanol–water partition coefficient (Wildman–Crippen LogP) is 2.11. The number of terminal acetylenes is 1. The second-order valence-corrected chi connectivity index (χ2v) is 3.43. The fourth-order valence-electron chi connectivity index (χ4n) is 1.44. The number of rotatable bonds is 2. The number of benzene rings is 1. The van der Waals surface area contributed by atoms with Crippen molar-refractivity contribution in [1.82, 2.24) is 0 Å². The second-order valence-electron chi connectivity index (χ2n) is 3.43. The molecule has 16 heavy (non-hydrogen) atoms. The summed E-state index contributed by atoms with van der Waals surface area (Å²) in [5, 5.41) is 0.826. The zero-order valence-electron chi connectivity index (χ0n) is 8.82. The minimum Gasteiger partial charge on any atom is -0.473 e. The fourth-order valence-corrected chi connectivity index (χ4v) is 1.44. The molecule has 2 aromatic rings. The van der Waals surface area contributed by atoms with Crippen molar-refractivity contribution in [2.45, 2.75) is 6.92 Å². The Balaban J connectivity index is 2.56. The molecule has 0 unspecified atom stereocenters. The van der Waals surface area contributed by atoms with E-state index < -0.39 is 5.63 Å². The number of aryl methyl sites for hydroxylation is 1. The first-order valence-corrected chi connectivity index (χ1v) is 4.81. The molecule has 0 fully saturated rings. The molecule has 0 saturated carbocycles. The van der Waals surface area contributed by atoms with Crippen LogP contribution in [0.25, 0.3) is 11.0 Å². The standard InChI is InChI=1S/C13H10O3/c1-3-6-15-12-8-10-7-9(2)4-5-11(10)16-13(12)14/h1,4-5,7-8H,6H2,2H3. The first kappa shape index (κ1) is 10.3. The molecule has 0 N–H and O–H groups in total. The lowest BCUT2D eigenvalue weighted by molar-refractivity contribution is 0.348. The third kappa shape index (κ3) is 1.91. The molecule has 2 rings (SSSR count). The van der Waals surface area contributed by atoms with Crippen LogP contribution < -0.4 is 10.4 Å². The van der Waals surface area contributed by atoms with Gasteiger partial charge in [0.2, 0.25) is 5.75 Å². The van der Waals surface area contributed by atoms with Crippen LogP contribution in [0.2, 0.25) is 0 Å². The third-order valence-corrected chi connectivity index (χ3v) is 2.17. The van der Waals surface area contributed by atoms with Gasteiger partial charge in [0.05, 0.1) is 0 Å². The quantitative estimate of drug-likeness (QED) is 0.567. The fraction of sp³-hybridized carbons (Fsp3) is 0.154. The molecule has 0 spiro atoms. The Labute approximate surface area is 92.7 Å². The highest BCUT2D eigenvalue weighted by Gasteiger charge is 2.05. The van der Waals surface area contributed by atoms with Crippen LogP contribution in [0.15, 0.2) is 33.5 Å². The van der Waals surface area contributed by atoms with E-state index in [9.17, 15) is 4.79 Å². The maximum atomic E-state index is 11.5. The van der Waals surface area contributed by atoms with E-state index in [-0.39, 0.29) is 12.4 Å². The number of hydrogen-bond acceptors (Lipinski definition) is 3. The van der Waals surface area contributed by atoms with Gasteiger partial charge in [-0.2, -0.15) is 0 Å². The molecule has 0 radical (unpaired) electrons. The van der Waals surface area contributed by atoms with Gasteiger partial charge < -0.3 is 9.15 Å². The van der Waals surface area contributed by atoms with E-state index in [2.05, 4.69) is 5.92 Å². The number of fused-ring (bicyclic) bond motifs is 1. The second kappa shape index (κ2) is 4.11. The van der Waals surface area contributed by atoms with Crippen molar-refractivity contribution in [1.29, 1.82) is 0 Å². The van der Waals surface area contributed by atoms with Gasteiger partial charge in [0, 0.05) is 5.39 Å². The van der Waals surface area contributed by atoms with Crippen LogP contribution in [0.5, 0.6) is 5.75 Å². The van der Waals surface area contributed by atoms with Crippen molar-refractivity contribution in [3.8, 4) is 18.1 Å². The van der Waals surface area contributed by atoms with Crippen molar-refractivity contribution in [2.24, 2.45) is 0 Å². The van der Waals surface area contributed by atoms with E-state index in [4.69, 9.17) is 15.6 Å². The molecule has 1 aromatic heterocycles. The lowest BCUT2D eigenvalue weighted by Gasteiger charge is -2.02. The number of hydrogen-bond donors (Lipinski definition) is 0. The molecule has 1 aromatic carbocycles. The van der Waals surface area contributed by atoms with E-state index in [1.165, 1.54) is 0 Å². The van der Waals surface area contributed by atoms with Gasteiger partial charge >= 0.3 is 5.63 Å². The normalized spacial score (nSPS) is 10.0. The van der Waals surface area contributed by atoms with Crippen molar-refractivity contribution in [3.63, 3.8) is 0 Å². The van der Waals surface area contributed by atoms with Crippen molar-refractivity contribution in [3.05, 3.63) is 40.2 Å². The van der Waals surface area contributed by atoms with Crippen molar-refractivity contribution >= 4 is 11.0 Å². The zero-order valence-corrected chi connectivity index (χ0v) is 8.82. The molecule has 0 aliphatic heterocycles. The molecule has 0 aliphatic carbocycles. The summed E-state index contributed by atoms with van der Waals surface area (Å²) in [5.74, 6) is 2.45. The van der Waals surface area contributed by atoms with Gasteiger partial charge in [-0.3, -0.25) is 0 Å². The third-order valence-electron chi connectivity index (χ3n) is 2.17. The predicted molar refractivity (Wildman–Crippen MR) is 61.5 cm³/mol. The topological polar surface area (TPSA) is 39.4 Å². The van der Waals surface area contributed by atoms with E-state index in [1.54, 1.807) is 12.1 Å². The Morgan fingerprint density at radius 2 is 2.25 bits per heavy atom. The lowest BCUT2D eigenvalue weighted by Crippen LogP contribution is -2.06. The van der Waals surface area contributed by atoms with Crippen LogP contribution in [0.3, 0.4) is 0 Å². The molecule has 1 heterocycles. The van der Waals surface area contributed by atoms with Crippen LogP contribution >= 0.6 is 0 Å². The summed E-state index contributed by atoms with van der Waals surface area (Å²) in [6.45, 7) is 2.02. The van der Waals surface area contributed by atoms with Gasteiger partial charge in [0.15, 0.2) is 0 Å². The molecular weight excluding hydrogens is 204 g/mol. The van der Waals surface area contributed by atoms with Crippen LogP contribution in [-0.2, 0) is 0 Å². The average molecular weight is 214 g/mol. The molecule has 0 amide bonds. The van der Waals surface area contributed by atoms with Crippen molar-refractivity contribution in [2.75, 3.05) is 6.61 Å². The first-order valence-electron chi connectivity index (χ1n) is 4.81. The lowest BCUT2D eigenvalue weighted by atomic mass is 10.1. The van der Waals surface area contributed by atoms with Crippen molar-refractivity contribution < 1.29 is 9.15 Å². The first-order chi connectivity index (χ1) is 7.70. The van der Waals surface area contributed by atoms with Crippen LogP contribution in [0.4, 0.5) is 0 Å². The average Bonchev–Trinajstić information content (AvgIpc) is 2.27. The van der Waals surface area contributed by atoms with Gasteiger partial charge in [-0.05, 0) is 25.1 Å². The summed E-state index contributed by atoms with van der Waals surface area (Å²) < 4.78 is 10.2. The van der Waals surface area contributed by atoms with Crippen LogP contribution in [0.1, 0.15) is 5.56 Å². The highest BCUT2D eigenvalue weighted by molar-refractivity contribution is 5.78. The summed E-state index contributed by atoms with van der Waals surface area (Å²) in [6, 6.07) is 7.21. The minimum absolute atomic E-state index is 0.0576. The Bertz CT molecular complexity index is 617. The summed E-state index contributed by atoms with van der Waals surface area (Å²) >= 11 is 0. The van der Waals surface area contributed by atoms with E-state index in [0.717, 1.165) is 10.9 Å². The molecule has 80 valence electrons. The summed E-state index contributed by atoms with van der Waals surface area (Å²) in [5.41, 5.74) is 1.12. The van der Waals surface area contributed by atoms with Gasteiger partial charge in [-0.15, -0.1) is 6.42 Å². The smallest absolute Gasteiger partial charge is 0.379 e. The monoisotopic (exact) mass is 214 g/mol. The number of ether oxygens (including phenoxy) is 1. The summed E-state index contributed by atoms with van der Waals surface area (Å²) in [4.78, 5) is 11.5. The highest BCUT2D eigenvalue weighted by atomic mass is 16.5. The van der Waals surface area contributed by atoms with Crippen LogP contribution in [0, 0.1) is 19.3 Å². The molecule has 0 bridgehead atoms. The molecule has 3 nitrogen and oxygen atoms in total. The van der Waals surface area contributed by atoms with Crippen LogP contribution in [-0.4, -0.2) is 6.61 Å². The van der Waals surface area contributed by atoms with E-state index >= 15 is 0 Å². The SMILES string of the molecule is C#CCOc1cc2cc(C)ccc2oc1=O. The van der Waals surface area contributed by atoms with E-state index in [1.807, 2.05) is 19.1 Å². The summed E-state index contributed by atoms with van der Waals surface area (Å²) in [6.07, 6.45) is 5.06. The minimum atomic E-state index is -0.508. The molecular formula is C13H10O3. The zero-order chi connectivity index (χ0) is 11.5. The summed E-state index contributed by atoms with van der Waals surface area (Å²) in [7, 11) is 0. The van der Waals surface area contributed by atoms with Gasteiger partial charge in [-0.1, -0.05) is 17.6 Å². The Morgan fingerprint density at radius 1 is 1.44 bits per heavy atom. The largest absolute Gasteiger partial charge is 0.473 e. The molecule has 0 saturated heterocycles. The Kier molecular flexibility index (Phi) is 2.65. The Morgan fingerprint density at radius 3 is 3.00 bits per heavy atom. The maximum Gasteiger partial charge on any atom is 0.379 e. The van der Waals surface area contributed by atoms with Gasteiger partial charge in [-0.25, -0.2) is 4.79 Å². The molecule has 0 atom stereocenters. The van der Waals surface area contributed by atoms with E-state index in [0.29, 0.717) is 5.58 Å². The molecule has 0 aliphatic rings. The highest BCUT2D eigenvalue weighted by Crippen LogP contribution is 2.18. The molecule has 3 heteroatoms.